The Bertz CT molecular complexity index is 2110. The molecule has 1 unspecified atom stereocenters. The lowest BCUT2D eigenvalue weighted by Gasteiger charge is -2.36. The average Bonchev–Trinajstić information content (AvgIpc) is 3.96. The Morgan fingerprint density at radius 3 is 2.21 bits per heavy atom. The molecule has 328 valence electrons. The van der Waals surface area contributed by atoms with Gasteiger partial charge in [-0.2, -0.15) is 5.26 Å². The third kappa shape index (κ3) is 11.9. The van der Waals surface area contributed by atoms with E-state index in [1.165, 1.54) is 11.3 Å². The van der Waals surface area contributed by atoms with Gasteiger partial charge in [0.1, 0.15) is 6.04 Å². The van der Waals surface area contributed by atoms with Crippen LogP contribution in [0.15, 0.2) is 54.6 Å². The number of hydrogen-bond donors (Lipinski definition) is 1. The van der Waals surface area contributed by atoms with Crippen molar-refractivity contribution in [3.63, 3.8) is 0 Å². The van der Waals surface area contributed by atoms with Crippen molar-refractivity contribution >= 4 is 59.1 Å². The first kappa shape index (κ1) is 45.5. The number of fused-ring (bicyclic) bond motifs is 2. The smallest absolute Gasteiger partial charge is 0.432 e. The molecule has 3 aromatic rings. The van der Waals surface area contributed by atoms with Crippen molar-refractivity contribution in [3.05, 3.63) is 70.6 Å². The molecular formula is C43H53N4O12PS. The molecule has 1 aromatic heterocycles. The molecule has 3 amide bonds. The maximum Gasteiger partial charge on any atom is 0.510 e. The number of nitriles is 1. The molecule has 3 aliphatic heterocycles. The topological polar surface area (TPSA) is 200 Å². The standard InChI is InChI=1S/C43H53N4O12PS/c1-27(2)58-42(51)54-25-56-60(53,57-26-55-43(52)59-28(3)4)24-29-14-17-37-32(18-29)19-38(61-37)39(48)45-21-31-12-8-9-13-34-15-16-36(47(34)40(31)49)41(50)46-22-33(20-44)35(23-46)30-10-6-5-7-11-30/h5-7,10-11,14,17-19,27-28,31,33-36H,8-9,12-13,15-16,21-26H2,1-4H3,(H,45,48)/t31?,33-,34+,35+,36+/m1/s1. The molecule has 0 aliphatic carbocycles. The van der Waals surface area contributed by atoms with Crippen LogP contribution < -0.4 is 5.32 Å². The van der Waals surface area contributed by atoms with Gasteiger partial charge in [-0.15, -0.1) is 11.3 Å². The minimum Gasteiger partial charge on any atom is -0.432 e. The van der Waals surface area contributed by atoms with Gasteiger partial charge < -0.3 is 34.1 Å². The van der Waals surface area contributed by atoms with E-state index in [1.807, 2.05) is 30.3 Å². The molecule has 0 spiro atoms. The molecule has 3 aliphatic rings. The van der Waals surface area contributed by atoms with Gasteiger partial charge in [-0.05, 0) is 88.1 Å². The second-order valence-electron chi connectivity index (χ2n) is 16.0. The van der Waals surface area contributed by atoms with Gasteiger partial charge in [0.25, 0.3) is 5.91 Å². The monoisotopic (exact) mass is 880 g/mol. The third-order valence-corrected chi connectivity index (χ3v) is 13.8. The summed E-state index contributed by atoms with van der Waals surface area (Å²) in [4.78, 5) is 69.7. The van der Waals surface area contributed by atoms with E-state index < -0.39 is 57.7 Å². The Morgan fingerprint density at radius 2 is 1.56 bits per heavy atom. The van der Waals surface area contributed by atoms with Crippen molar-refractivity contribution in [1.29, 1.82) is 5.26 Å². The average molecular weight is 881 g/mol. The van der Waals surface area contributed by atoms with E-state index in [2.05, 4.69) is 11.4 Å². The van der Waals surface area contributed by atoms with Crippen LogP contribution in [0.3, 0.4) is 0 Å². The maximum absolute atomic E-state index is 14.3. The number of ether oxygens (including phenoxy) is 4. The Morgan fingerprint density at radius 1 is 0.885 bits per heavy atom. The summed E-state index contributed by atoms with van der Waals surface area (Å²) in [5.41, 5.74) is 1.52. The van der Waals surface area contributed by atoms with Gasteiger partial charge in [0.05, 0.1) is 41.2 Å². The third-order valence-electron chi connectivity index (χ3n) is 11.0. The molecule has 5 atom stereocenters. The van der Waals surface area contributed by atoms with E-state index in [0.717, 1.165) is 35.9 Å². The van der Waals surface area contributed by atoms with E-state index in [0.29, 0.717) is 41.8 Å². The highest BCUT2D eigenvalue weighted by molar-refractivity contribution is 7.53. The maximum atomic E-state index is 14.3. The lowest BCUT2D eigenvalue weighted by atomic mass is 9.90. The molecule has 2 aromatic carbocycles. The van der Waals surface area contributed by atoms with Crippen LogP contribution in [0.1, 0.15) is 92.9 Å². The number of hydrogen-bond acceptors (Lipinski definition) is 14. The van der Waals surface area contributed by atoms with Crippen LogP contribution in [0.25, 0.3) is 10.1 Å². The van der Waals surface area contributed by atoms with E-state index in [1.54, 1.807) is 61.8 Å². The van der Waals surface area contributed by atoms with Crippen molar-refractivity contribution in [2.24, 2.45) is 11.8 Å². The van der Waals surface area contributed by atoms with Crippen LogP contribution >= 0.6 is 18.9 Å². The van der Waals surface area contributed by atoms with Gasteiger partial charge in [0, 0.05) is 36.3 Å². The summed E-state index contributed by atoms with van der Waals surface area (Å²) in [6, 6.07) is 18.4. The number of carbonyl (C=O) groups excluding carboxylic acids is 5. The number of amides is 3. The van der Waals surface area contributed by atoms with Crippen LogP contribution in [0, 0.1) is 23.2 Å². The van der Waals surface area contributed by atoms with Crippen LogP contribution in [-0.4, -0.2) is 97.3 Å². The fourth-order valence-electron chi connectivity index (χ4n) is 8.12. The van der Waals surface area contributed by atoms with Crippen LogP contribution in [0.4, 0.5) is 9.59 Å². The molecule has 1 N–H and O–H groups in total. The van der Waals surface area contributed by atoms with Gasteiger partial charge in [-0.3, -0.25) is 28.0 Å². The number of thiophene rings is 1. The van der Waals surface area contributed by atoms with E-state index in [-0.39, 0.29) is 48.3 Å². The normalized spacial score (nSPS) is 21.7. The number of rotatable bonds is 15. The predicted octanol–water partition coefficient (Wildman–Crippen LogP) is 7.71. The lowest BCUT2D eigenvalue weighted by molar-refractivity contribution is -0.148. The fraction of sp³-hybridized carbons (Fsp3) is 0.535. The highest BCUT2D eigenvalue weighted by Crippen LogP contribution is 2.52. The zero-order valence-corrected chi connectivity index (χ0v) is 36.5. The fourth-order valence-corrected chi connectivity index (χ4v) is 10.4. The highest BCUT2D eigenvalue weighted by atomic mass is 32.1. The predicted molar refractivity (Wildman–Crippen MR) is 223 cm³/mol. The van der Waals surface area contributed by atoms with Crippen LogP contribution in [-0.2, 0) is 48.3 Å². The molecule has 61 heavy (non-hydrogen) atoms. The molecule has 0 saturated carbocycles. The SMILES string of the molecule is CC(C)OC(=O)OCOP(=O)(Cc1ccc2sc(C(=O)NCC3CCCC[C@H]4CC[C@@H](C(=O)N5C[C@@H](C#N)[C@H](c6ccccc6)C5)N4C3=O)cc2c1)OCOC(=O)OC(C)C. The minimum absolute atomic E-state index is 0.0510. The minimum atomic E-state index is -4.11. The first-order valence-electron chi connectivity index (χ1n) is 20.6. The second kappa shape index (κ2) is 20.7. The van der Waals surface area contributed by atoms with E-state index in [4.69, 9.17) is 28.0 Å². The van der Waals surface area contributed by atoms with Crippen molar-refractivity contribution in [1.82, 2.24) is 15.1 Å². The molecule has 18 heteroatoms. The number of carbonyl (C=O) groups is 5. The summed E-state index contributed by atoms with van der Waals surface area (Å²) in [5.74, 6) is -1.54. The summed E-state index contributed by atoms with van der Waals surface area (Å²) < 4.78 is 44.9. The van der Waals surface area contributed by atoms with Crippen LogP contribution in [0.2, 0.25) is 0 Å². The zero-order chi connectivity index (χ0) is 43.7. The van der Waals surface area contributed by atoms with Crippen molar-refractivity contribution < 1.29 is 56.5 Å². The van der Waals surface area contributed by atoms with E-state index in [9.17, 15) is 33.8 Å². The van der Waals surface area contributed by atoms with Crippen molar-refractivity contribution in [2.75, 3.05) is 33.2 Å². The Kier molecular flexibility index (Phi) is 15.4. The van der Waals surface area contributed by atoms with Gasteiger partial charge in [-0.25, -0.2) is 9.59 Å². The van der Waals surface area contributed by atoms with Gasteiger partial charge in [-0.1, -0.05) is 49.2 Å². The Labute approximate surface area is 359 Å². The zero-order valence-electron chi connectivity index (χ0n) is 34.8. The molecular weight excluding hydrogens is 828 g/mol. The second-order valence-corrected chi connectivity index (χ2v) is 19.2. The van der Waals surface area contributed by atoms with Crippen LogP contribution in [0.5, 0.6) is 0 Å². The number of benzene rings is 2. The molecule has 3 fully saturated rings. The molecule has 6 rings (SSSR count). The van der Waals surface area contributed by atoms with E-state index >= 15 is 0 Å². The summed E-state index contributed by atoms with van der Waals surface area (Å²) in [6.45, 7) is 5.85. The highest BCUT2D eigenvalue weighted by Gasteiger charge is 2.47. The summed E-state index contributed by atoms with van der Waals surface area (Å²) in [7, 11) is -4.11. The molecule has 0 radical (unpaired) electrons. The number of likely N-dealkylation sites (tertiary alicyclic amines) is 1. The molecule has 3 saturated heterocycles. The number of nitrogens with one attached hydrogen (secondary N) is 1. The summed E-state index contributed by atoms with van der Waals surface area (Å²) >= 11 is 1.25. The lowest BCUT2D eigenvalue weighted by Crippen LogP contribution is -2.53. The van der Waals surface area contributed by atoms with Gasteiger partial charge in [0.15, 0.2) is 0 Å². The summed E-state index contributed by atoms with van der Waals surface area (Å²) in [5, 5.41) is 13.6. The first-order chi connectivity index (χ1) is 29.2. The first-order valence-corrected chi connectivity index (χ1v) is 23.2. The van der Waals surface area contributed by atoms with Crippen molar-refractivity contribution in [3.8, 4) is 6.07 Å². The Balaban J connectivity index is 1.09. The van der Waals surface area contributed by atoms with Crippen molar-refractivity contribution in [2.45, 2.75) is 103 Å². The van der Waals surface area contributed by atoms with Gasteiger partial charge in [0.2, 0.25) is 25.4 Å². The quantitative estimate of drug-likeness (QED) is 0.0885. The number of nitrogens with zero attached hydrogens (tertiary/aromatic N) is 3. The van der Waals surface area contributed by atoms with Gasteiger partial charge >= 0.3 is 19.9 Å². The largest absolute Gasteiger partial charge is 0.510 e. The molecule has 16 nitrogen and oxygen atoms in total. The summed E-state index contributed by atoms with van der Waals surface area (Å²) in [6.07, 6.45) is 1.15. The molecule has 4 heterocycles. The Hall–Kier alpha value is -5.01. The molecule has 0 bridgehead atoms.